The molecular weight excluding hydrogens is 256 g/mol. The number of hydrogen-bond acceptors (Lipinski definition) is 6. The highest BCUT2D eigenvalue weighted by atomic mass is 32.2. The van der Waals surface area contributed by atoms with Gasteiger partial charge in [-0.2, -0.15) is 0 Å². The first-order valence-electron chi connectivity index (χ1n) is 5.39. The smallest absolute Gasteiger partial charge is 0.339 e. The Balaban J connectivity index is 3.30. The number of anilines is 1. The molecule has 0 heterocycles. The molecule has 1 rings (SSSR count). The number of nitro groups is 1. The summed E-state index contributed by atoms with van der Waals surface area (Å²) in [4.78, 5) is 22.5. The topological polar surface area (TPSA) is 95.5 Å². The van der Waals surface area contributed by atoms with Crippen LogP contribution in [0.4, 0.5) is 11.4 Å². The summed E-state index contributed by atoms with van der Waals surface area (Å²) in [7, 11) is 0. The second-order valence-corrected chi connectivity index (χ2v) is 4.62. The van der Waals surface area contributed by atoms with Crippen molar-refractivity contribution in [3.63, 3.8) is 0 Å². The lowest BCUT2D eigenvalue weighted by molar-refractivity contribution is -0.384. The van der Waals surface area contributed by atoms with Crippen LogP contribution in [0.1, 0.15) is 24.2 Å². The standard InChI is InChI=1S/C11H14N2O4S/c1-3-17-11(14)7-5-9(13(15)16)8(12)6-10(7)18-4-2/h5-6H,3-4,12H2,1-2H3. The van der Waals surface area contributed by atoms with Crippen LogP contribution in [-0.2, 0) is 4.74 Å². The molecule has 0 aromatic heterocycles. The number of nitro benzene ring substituents is 1. The van der Waals surface area contributed by atoms with E-state index >= 15 is 0 Å². The SMILES string of the molecule is CCOC(=O)c1cc([N+](=O)[O-])c(N)cc1SCC. The van der Waals surface area contributed by atoms with Crippen molar-refractivity contribution in [3.05, 3.63) is 27.8 Å². The Hall–Kier alpha value is -1.76. The number of hydrogen-bond donors (Lipinski definition) is 1. The van der Waals surface area contributed by atoms with Crippen molar-refractivity contribution in [1.82, 2.24) is 0 Å². The Bertz CT molecular complexity index is 476. The van der Waals surface area contributed by atoms with E-state index in [0.717, 1.165) is 5.75 Å². The number of esters is 1. The minimum absolute atomic E-state index is 0.0454. The largest absolute Gasteiger partial charge is 0.462 e. The number of nitrogens with two attached hydrogens (primary N) is 1. The summed E-state index contributed by atoms with van der Waals surface area (Å²) in [6.07, 6.45) is 0. The van der Waals surface area contributed by atoms with E-state index in [0.29, 0.717) is 4.90 Å². The third-order valence-corrected chi connectivity index (χ3v) is 3.06. The number of carbonyl (C=O) groups is 1. The molecule has 1 aromatic carbocycles. The lowest BCUT2D eigenvalue weighted by atomic mass is 10.1. The van der Waals surface area contributed by atoms with Gasteiger partial charge in [0.05, 0.1) is 17.1 Å². The van der Waals surface area contributed by atoms with Crippen molar-refractivity contribution in [2.24, 2.45) is 0 Å². The normalized spacial score (nSPS) is 10.1. The first-order valence-corrected chi connectivity index (χ1v) is 6.37. The van der Waals surface area contributed by atoms with Gasteiger partial charge in [0.25, 0.3) is 5.69 Å². The lowest BCUT2D eigenvalue weighted by Gasteiger charge is -2.09. The summed E-state index contributed by atoms with van der Waals surface area (Å²) in [6, 6.07) is 2.61. The molecule has 0 atom stereocenters. The van der Waals surface area contributed by atoms with E-state index in [1.165, 1.54) is 23.9 Å². The summed E-state index contributed by atoms with van der Waals surface area (Å²) in [5, 5.41) is 10.8. The van der Waals surface area contributed by atoms with Gasteiger partial charge in [0.15, 0.2) is 0 Å². The predicted octanol–water partition coefficient (Wildman–Crippen LogP) is 2.47. The highest BCUT2D eigenvalue weighted by Gasteiger charge is 2.21. The maximum Gasteiger partial charge on any atom is 0.339 e. The van der Waals surface area contributed by atoms with Gasteiger partial charge in [0, 0.05) is 11.0 Å². The molecule has 0 unspecified atom stereocenters. The Kier molecular flexibility index (Phi) is 4.96. The molecule has 98 valence electrons. The molecule has 0 aliphatic rings. The van der Waals surface area contributed by atoms with Gasteiger partial charge in [-0.1, -0.05) is 6.92 Å². The Morgan fingerprint density at radius 3 is 2.67 bits per heavy atom. The molecule has 0 saturated carbocycles. The molecule has 18 heavy (non-hydrogen) atoms. The van der Waals surface area contributed by atoms with Gasteiger partial charge in [0.1, 0.15) is 5.69 Å². The Morgan fingerprint density at radius 2 is 2.17 bits per heavy atom. The van der Waals surface area contributed by atoms with Gasteiger partial charge < -0.3 is 10.5 Å². The number of carbonyl (C=O) groups excluding carboxylic acids is 1. The van der Waals surface area contributed by atoms with E-state index in [4.69, 9.17) is 10.5 Å². The van der Waals surface area contributed by atoms with Gasteiger partial charge in [0.2, 0.25) is 0 Å². The van der Waals surface area contributed by atoms with Crippen LogP contribution in [0, 0.1) is 10.1 Å². The molecule has 0 aliphatic heterocycles. The Morgan fingerprint density at radius 1 is 1.50 bits per heavy atom. The maximum absolute atomic E-state index is 11.7. The van der Waals surface area contributed by atoms with Crippen molar-refractivity contribution in [2.75, 3.05) is 18.1 Å². The molecule has 0 radical (unpaired) electrons. The molecule has 0 spiro atoms. The van der Waals surface area contributed by atoms with Gasteiger partial charge in [-0.3, -0.25) is 10.1 Å². The van der Waals surface area contributed by atoms with Crippen molar-refractivity contribution in [2.45, 2.75) is 18.7 Å². The van der Waals surface area contributed by atoms with Gasteiger partial charge in [-0.05, 0) is 18.7 Å². The van der Waals surface area contributed by atoms with Crippen LogP contribution < -0.4 is 5.73 Å². The van der Waals surface area contributed by atoms with Crippen molar-refractivity contribution in [3.8, 4) is 0 Å². The number of ether oxygens (including phenoxy) is 1. The average Bonchev–Trinajstić information content (AvgIpc) is 2.29. The molecule has 0 bridgehead atoms. The predicted molar refractivity (Wildman–Crippen MR) is 69.9 cm³/mol. The van der Waals surface area contributed by atoms with Crippen LogP contribution in [0.5, 0.6) is 0 Å². The zero-order chi connectivity index (χ0) is 13.7. The van der Waals surface area contributed by atoms with E-state index in [1.807, 2.05) is 6.92 Å². The van der Waals surface area contributed by atoms with Crippen LogP contribution in [0.15, 0.2) is 17.0 Å². The summed E-state index contributed by atoms with van der Waals surface area (Å²) >= 11 is 1.39. The molecule has 0 amide bonds. The van der Waals surface area contributed by atoms with Crippen LogP contribution in [0.2, 0.25) is 0 Å². The second-order valence-electron chi connectivity index (χ2n) is 3.32. The maximum atomic E-state index is 11.7. The van der Waals surface area contributed by atoms with Crippen molar-refractivity contribution < 1.29 is 14.5 Å². The number of benzene rings is 1. The third kappa shape index (κ3) is 3.13. The van der Waals surface area contributed by atoms with Crippen LogP contribution in [0.25, 0.3) is 0 Å². The number of thioether (sulfide) groups is 1. The minimum atomic E-state index is -0.613. The quantitative estimate of drug-likeness (QED) is 0.290. The molecule has 6 nitrogen and oxygen atoms in total. The van der Waals surface area contributed by atoms with Crippen LogP contribution >= 0.6 is 11.8 Å². The average molecular weight is 270 g/mol. The highest BCUT2D eigenvalue weighted by molar-refractivity contribution is 7.99. The Labute approximate surface area is 109 Å². The highest BCUT2D eigenvalue weighted by Crippen LogP contribution is 2.32. The fourth-order valence-corrected chi connectivity index (χ4v) is 2.20. The van der Waals surface area contributed by atoms with Crippen molar-refractivity contribution in [1.29, 1.82) is 0 Å². The molecular formula is C11H14N2O4S. The first kappa shape index (κ1) is 14.3. The van der Waals surface area contributed by atoms with Crippen molar-refractivity contribution >= 4 is 29.1 Å². The molecule has 0 saturated heterocycles. The zero-order valence-electron chi connectivity index (χ0n) is 10.1. The van der Waals surface area contributed by atoms with E-state index in [-0.39, 0.29) is 23.5 Å². The molecule has 7 heteroatoms. The van der Waals surface area contributed by atoms with E-state index in [2.05, 4.69) is 0 Å². The van der Waals surface area contributed by atoms with Gasteiger partial charge >= 0.3 is 5.97 Å². The molecule has 1 aromatic rings. The van der Waals surface area contributed by atoms with Crippen LogP contribution in [-0.4, -0.2) is 23.3 Å². The molecule has 0 aliphatic carbocycles. The third-order valence-electron chi connectivity index (χ3n) is 2.12. The van der Waals surface area contributed by atoms with Gasteiger partial charge in [-0.15, -0.1) is 11.8 Å². The molecule has 0 fully saturated rings. The fourth-order valence-electron chi connectivity index (χ4n) is 1.39. The van der Waals surface area contributed by atoms with Gasteiger partial charge in [-0.25, -0.2) is 4.79 Å². The number of rotatable bonds is 5. The second kappa shape index (κ2) is 6.25. The first-order chi connectivity index (χ1) is 8.51. The van der Waals surface area contributed by atoms with E-state index < -0.39 is 10.9 Å². The van der Waals surface area contributed by atoms with E-state index in [9.17, 15) is 14.9 Å². The lowest BCUT2D eigenvalue weighted by Crippen LogP contribution is -2.08. The van der Waals surface area contributed by atoms with Crippen LogP contribution in [0.3, 0.4) is 0 Å². The minimum Gasteiger partial charge on any atom is -0.462 e. The number of nitrogens with zero attached hydrogens (tertiary/aromatic N) is 1. The fraction of sp³-hybridized carbons (Fsp3) is 0.364. The summed E-state index contributed by atoms with van der Waals surface area (Å²) in [6.45, 7) is 3.81. The number of nitrogen functional groups attached to an aromatic ring is 1. The monoisotopic (exact) mass is 270 g/mol. The summed E-state index contributed by atoms with van der Waals surface area (Å²) < 4.78 is 4.87. The zero-order valence-corrected chi connectivity index (χ0v) is 11.0. The summed E-state index contributed by atoms with van der Waals surface area (Å²) in [5.74, 6) is 0.153. The van der Waals surface area contributed by atoms with E-state index in [1.54, 1.807) is 6.92 Å². The summed E-state index contributed by atoms with van der Waals surface area (Å²) in [5.41, 5.74) is 5.54. The molecule has 2 N–H and O–H groups in total.